The molecular weight excluding hydrogens is 188 g/mol. The maximum atomic E-state index is 3.50. The van der Waals surface area contributed by atoms with Gasteiger partial charge in [0.2, 0.25) is 0 Å². The van der Waals surface area contributed by atoms with Crippen molar-refractivity contribution in [3.05, 3.63) is 12.2 Å². The van der Waals surface area contributed by atoms with Crippen molar-refractivity contribution in [2.75, 3.05) is 5.33 Å². The summed E-state index contributed by atoms with van der Waals surface area (Å²) in [6, 6.07) is 0. The summed E-state index contributed by atoms with van der Waals surface area (Å²) >= 11 is 3.50. The molecule has 0 saturated carbocycles. The van der Waals surface area contributed by atoms with Gasteiger partial charge in [-0.2, -0.15) is 0 Å². The molecule has 0 aliphatic heterocycles. The first-order chi connectivity index (χ1) is 4.83. The van der Waals surface area contributed by atoms with Crippen LogP contribution in [0.15, 0.2) is 12.2 Å². The van der Waals surface area contributed by atoms with Gasteiger partial charge in [-0.25, -0.2) is 0 Å². The number of hydrogen-bond donors (Lipinski definition) is 0. The Morgan fingerprint density at radius 1 is 1.50 bits per heavy atom. The SMILES string of the molecule is CC(CBr)CC1CC=CC1. The summed E-state index contributed by atoms with van der Waals surface area (Å²) in [5.41, 5.74) is 0. The van der Waals surface area contributed by atoms with Gasteiger partial charge in [-0.15, -0.1) is 0 Å². The van der Waals surface area contributed by atoms with E-state index in [4.69, 9.17) is 0 Å². The molecule has 0 aromatic rings. The minimum atomic E-state index is 0.852. The van der Waals surface area contributed by atoms with Gasteiger partial charge in [0, 0.05) is 5.33 Å². The van der Waals surface area contributed by atoms with Crippen molar-refractivity contribution in [3.63, 3.8) is 0 Å². The van der Waals surface area contributed by atoms with E-state index < -0.39 is 0 Å². The Labute approximate surface area is 71.8 Å². The molecule has 1 rings (SSSR count). The third-order valence-corrected chi connectivity index (χ3v) is 3.21. The molecule has 0 bridgehead atoms. The third-order valence-electron chi connectivity index (χ3n) is 2.10. The zero-order valence-electron chi connectivity index (χ0n) is 6.52. The van der Waals surface area contributed by atoms with Gasteiger partial charge in [-0.05, 0) is 31.1 Å². The molecule has 0 heterocycles. The van der Waals surface area contributed by atoms with Gasteiger partial charge >= 0.3 is 0 Å². The first-order valence-corrected chi connectivity index (χ1v) is 5.16. The Hall–Kier alpha value is 0.220. The van der Waals surface area contributed by atoms with Crippen LogP contribution in [0.5, 0.6) is 0 Å². The summed E-state index contributed by atoms with van der Waals surface area (Å²) < 4.78 is 0. The maximum Gasteiger partial charge on any atom is 0.00571 e. The predicted molar refractivity (Wildman–Crippen MR) is 49.4 cm³/mol. The summed E-state index contributed by atoms with van der Waals surface area (Å²) in [6.07, 6.45) is 8.64. The molecule has 0 nitrogen and oxygen atoms in total. The second-order valence-corrected chi connectivity index (χ2v) is 3.95. The van der Waals surface area contributed by atoms with E-state index >= 15 is 0 Å². The Morgan fingerprint density at radius 2 is 2.10 bits per heavy atom. The fourth-order valence-corrected chi connectivity index (χ4v) is 1.76. The van der Waals surface area contributed by atoms with Gasteiger partial charge in [-0.3, -0.25) is 0 Å². The van der Waals surface area contributed by atoms with Crippen LogP contribution in [0.25, 0.3) is 0 Å². The van der Waals surface area contributed by atoms with Gasteiger partial charge < -0.3 is 0 Å². The number of alkyl halides is 1. The van der Waals surface area contributed by atoms with Crippen molar-refractivity contribution >= 4 is 15.9 Å². The third kappa shape index (κ3) is 2.45. The molecule has 10 heavy (non-hydrogen) atoms. The zero-order valence-corrected chi connectivity index (χ0v) is 8.10. The summed E-state index contributed by atoms with van der Waals surface area (Å²) in [6.45, 7) is 2.31. The van der Waals surface area contributed by atoms with Crippen molar-refractivity contribution in [1.82, 2.24) is 0 Å². The average Bonchev–Trinajstić information content (AvgIpc) is 2.40. The van der Waals surface area contributed by atoms with E-state index in [1.807, 2.05) is 0 Å². The standard InChI is InChI=1S/C9H15Br/c1-8(7-10)6-9-4-2-3-5-9/h2-3,8-9H,4-7H2,1H3. The average molecular weight is 203 g/mol. The van der Waals surface area contributed by atoms with E-state index in [2.05, 4.69) is 35.0 Å². The van der Waals surface area contributed by atoms with E-state index in [1.165, 1.54) is 19.3 Å². The van der Waals surface area contributed by atoms with Crippen molar-refractivity contribution in [2.45, 2.75) is 26.2 Å². The highest BCUT2D eigenvalue weighted by Gasteiger charge is 2.12. The Kier molecular flexibility index (Phi) is 3.47. The molecule has 1 aliphatic carbocycles. The summed E-state index contributed by atoms with van der Waals surface area (Å²) in [7, 11) is 0. The lowest BCUT2D eigenvalue weighted by atomic mass is 9.95. The minimum absolute atomic E-state index is 0.852. The molecule has 0 aromatic carbocycles. The van der Waals surface area contributed by atoms with Gasteiger partial charge in [0.25, 0.3) is 0 Å². The lowest BCUT2D eigenvalue weighted by molar-refractivity contribution is 0.436. The van der Waals surface area contributed by atoms with Crippen LogP contribution in [-0.2, 0) is 0 Å². The quantitative estimate of drug-likeness (QED) is 0.487. The van der Waals surface area contributed by atoms with Gasteiger partial charge in [0.1, 0.15) is 0 Å². The molecule has 0 aromatic heterocycles. The highest BCUT2D eigenvalue weighted by Crippen LogP contribution is 2.25. The maximum absolute atomic E-state index is 3.50. The number of hydrogen-bond acceptors (Lipinski definition) is 0. The lowest BCUT2D eigenvalue weighted by Crippen LogP contribution is -2.03. The van der Waals surface area contributed by atoms with Crippen LogP contribution >= 0.6 is 15.9 Å². The van der Waals surface area contributed by atoms with E-state index in [0.717, 1.165) is 17.2 Å². The molecule has 1 atom stereocenters. The molecule has 58 valence electrons. The van der Waals surface area contributed by atoms with E-state index in [-0.39, 0.29) is 0 Å². The van der Waals surface area contributed by atoms with Crippen LogP contribution in [0.2, 0.25) is 0 Å². The summed E-state index contributed by atoms with van der Waals surface area (Å²) in [4.78, 5) is 0. The topological polar surface area (TPSA) is 0 Å². The summed E-state index contributed by atoms with van der Waals surface area (Å²) in [5, 5.41) is 1.16. The Balaban J connectivity index is 2.13. The molecule has 1 heteroatoms. The molecular formula is C9H15Br. The van der Waals surface area contributed by atoms with Crippen LogP contribution in [0, 0.1) is 11.8 Å². The van der Waals surface area contributed by atoms with Gasteiger partial charge in [0.05, 0.1) is 0 Å². The zero-order chi connectivity index (χ0) is 7.40. The van der Waals surface area contributed by atoms with Crippen molar-refractivity contribution < 1.29 is 0 Å². The van der Waals surface area contributed by atoms with Crippen LogP contribution in [-0.4, -0.2) is 5.33 Å². The number of allylic oxidation sites excluding steroid dienone is 2. The first kappa shape index (κ1) is 8.32. The van der Waals surface area contributed by atoms with Crippen molar-refractivity contribution in [1.29, 1.82) is 0 Å². The second kappa shape index (κ2) is 4.17. The molecule has 0 N–H and O–H groups in total. The van der Waals surface area contributed by atoms with Crippen molar-refractivity contribution in [2.24, 2.45) is 11.8 Å². The van der Waals surface area contributed by atoms with Crippen LogP contribution in [0.4, 0.5) is 0 Å². The van der Waals surface area contributed by atoms with Crippen LogP contribution in [0.1, 0.15) is 26.2 Å². The van der Waals surface area contributed by atoms with E-state index in [9.17, 15) is 0 Å². The molecule has 0 saturated heterocycles. The summed E-state index contributed by atoms with van der Waals surface area (Å²) in [5.74, 6) is 1.80. The van der Waals surface area contributed by atoms with E-state index in [1.54, 1.807) is 0 Å². The normalized spacial score (nSPS) is 21.8. The first-order valence-electron chi connectivity index (χ1n) is 4.04. The molecule has 1 aliphatic rings. The molecule has 1 unspecified atom stereocenters. The van der Waals surface area contributed by atoms with Gasteiger partial charge in [0.15, 0.2) is 0 Å². The second-order valence-electron chi connectivity index (χ2n) is 3.30. The Morgan fingerprint density at radius 3 is 2.60 bits per heavy atom. The molecule has 0 radical (unpaired) electrons. The minimum Gasteiger partial charge on any atom is -0.0925 e. The monoisotopic (exact) mass is 202 g/mol. The number of halogens is 1. The number of rotatable bonds is 3. The molecule has 0 fully saturated rings. The highest BCUT2D eigenvalue weighted by atomic mass is 79.9. The molecule has 0 spiro atoms. The fraction of sp³-hybridized carbons (Fsp3) is 0.778. The van der Waals surface area contributed by atoms with Crippen molar-refractivity contribution in [3.8, 4) is 0 Å². The lowest BCUT2D eigenvalue weighted by Gasteiger charge is -2.12. The smallest absolute Gasteiger partial charge is 0.00571 e. The van der Waals surface area contributed by atoms with Gasteiger partial charge in [-0.1, -0.05) is 35.0 Å². The Bertz CT molecular complexity index is 110. The molecule has 0 amide bonds. The van der Waals surface area contributed by atoms with E-state index in [0.29, 0.717) is 0 Å². The fourth-order valence-electron chi connectivity index (χ4n) is 1.50. The van der Waals surface area contributed by atoms with Crippen LogP contribution < -0.4 is 0 Å². The predicted octanol–water partition coefficient (Wildman–Crippen LogP) is 3.37. The largest absolute Gasteiger partial charge is 0.0925 e. The highest BCUT2D eigenvalue weighted by molar-refractivity contribution is 9.09. The van der Waals surface area contributed by atoms with Crippen LogP contribution in [0.3, 0.4) is 0 Å².